The molecular formula is C80H130O62. The molecule has 44 aliphatic heterocycles. The predicted octanol–water partition coefficient (Wildman–Crippen LogP) is -23.1. The maximum absolute atomic E-state index is 14.9. The molecule has 60 atom stereocenters. The molecule has 62 nitrogen and oxygen atoms in total. The number of aliphatic hydroxyl groups is 32. The van der Waals surface area contributed by atoms with E-state index in [1.54, 1.807) is 0 Å². The molecule has 0 saturated carbocycles. The molecular weight excluding hydrogens is 1950 g/mol. The predicted molar refractivity (Wildman–Crippen MR) is 427 cm³/mol. The van der Waals surface area contributed by atoms with Gasteiger partial charge in [0, 0.05) is 13.2 Å². The molecule has 44 rings (SSSR count). The van der Waals surface area contributed by atoms with Crippen molar-refractivity contribution in [3.05, 3.63) is 0 Å². The first kappa shape index (κ1) is 114. The molecule has 44 aliphatic rings. The quantitative estimate of drug-likeness (QED) is 0.0475. The fourth-order valence-electron chi connectivity index (χ4n) is 19.5. The number of esters is 2. The van der Waals surface area contributed by atoms with E-state index in [-0.39, 0.29) is 13.2 Å². The lowest BCUT2D eigenvalue weighted by molar-refractivity contribution is -0.405. The van der Waals surface area contributed by atoms with Gasteiger partial charge in [-0.25, -0.2) is 0 Å². The number of hydrogen-bond acceptors (Lipinski definition) is 62. The monoisotopic (exact) mass is 2080 g/mol. The highest BCUT2D eigenvalue weighted by molar-refractivity contribution is 5.78. The van der Waals surface area contributed by atoms with Crippen LogP contribution in [0.25, 0.3) is 0 Å². The molecule has 24 bridgehead atoms. The molecule has 142 heavy (non-hydrogen) atoms. The summed E-state index contributed by atoms with van der Waals surface area (Å²) in [6.45, 7) is -12.2. The van der Waals surface area contributed by atoms with E-state index in [4.69, 9.17) is 133 Å². The standard InChI is InChI=1S/C80H130O62/c1-3-115-65-49(111)77-125-27(15-89)61(65)139-79-51(113)67(63(29(17-91)127-79)141-75-47(109)39(101)57(23(11-85)123-75)135-71-43(105)35(97)53(19(7-81)119-71)131-69-41(103)33(95)55(21(9-83)117-69)133-73-45(107)37(99)59(137-77)25(13-87)121-73)129-31(93)5-6-32(94)130-68-52(114)80-128-30(18-92)64(68)142-76-48(110)40(102)58(24(12-86)124-76)136-72-44(106)36(98)54(20(8-82)120-72)132-70-42(104)34(96)56(22(10-84)118-70)134-74-46(108)38(100)60(26(14-88)122-74)138-78-50(112)66(116-4-2)62(140-80)28(16-90)126-78/h19-30,33-92,95-114H,3-18H2,1-2H3/t19-,20-,21-,22-,23-,24-,25-,26-,27-,28-,29-,30-,33-,34-,35-,36-,37-,38-,39-,40-,41-,42-,43-,44-,45-,46-,47-,48-,49-,50-,51-,52-,53-,54-,55-,56-,57-,58-,59-,60-,61+,62+,63+,64+,65-,66-,67-,68-,69-,70-,71-,72-,73-,74-,75-,76-,77-,78-,79-,80-/m1/s1. The van der Waals surface area contributed by atoms with Crippen molar-refractivity contribution in [1.82, 2.24) is 0 Å². The average Bonchev–Trinajstić information content (AvgIpc) is 0.769. The summed E-state index contributed by atoms with van der Waals surface area (Å²) in [6.07, 6.45) is -132. The van der Waals surface area contributed by atoms with Crippen LogP contribution in [0.5, 0.6) is 0 Å². The van der Waals surface area contributed by atoms with Gasteiger partial charge in [0.1, 0.15) is 281 Å². The number of rotatable bonds is 21. The Labute approximate surface area is 802 Å². The van der Waals surface area contributed by atoms with Crippen LogP contribution in [0.15, 0.2) is 0 Å². The normalized spacial score (nSPS) is 52.3. The Kier molecular flexibility index (Phi) is 40.2. The molecule has 0 aliphatic carbocycles. The van der Waals surface area contributed by atoms with Gasteiger partial charge in [0.15, 0.2) is 87.7 Å². The Bertz CT molecular complexity index is 3600. The third-order valence-electron chi connectivity index (χ3n) is 27.0. The summed E-state index contributed by atoms with van der Waals surface area (Å²) in [7, 11) is 0. The van der Waals surface area contributed by atoms with Gasteiger partial charge in [-0.15, -0.1) is 0 Å². The van der Waals surface area contributed by atoms with Crippen LogP contribution >= 0.6 is 0 Å². The molecule has 0 spiro atoms. The Morgan fingerprint density at radius 2 is 0.289 bits per heavy atom. The van der Waals surface area contributed by atoms with E-state index in [2.05, 4.69) is 0 Å². The van der Waals surface area contributed by atoms with Gasteiger partial charge in [-0.2, -0.15) is 0 Å². The summed E-state index contributed by atoms with van der Waals surface area (Å²) >= 11 is 0. The molecule has 0 aromatic heterocycles. The van der Waals surface area contributed by atoms with Crippen LogP contribution in [-0.4, -0.2) is 636 Å². The van der Waals surface area contributed by atoms with Crippen LogP contribution in [-0.2, 0) is 142 Å². The van der Waals surface area contributed by atoms with Crippen LogP contribution in [0.3, 0.4) is 0 Å². The number of hydrogen-bond donors (Lipinski definition) is 32. The lowest BCUT2D eigenvalue weighted by atomic mass is 9.94. The van der Waals surface area contributed by atoms with E-state index in [0.29, 0.717) is 0 Å². The molecule has 44 saturated heterocycles. The molecule has 822 valence electrons. The summed E-state index contributed by atoms with van der Waals surface area (Å²) in [5, 5.41) is 368. The molecule has 44 fully saturated rings. The van der Waals surface area contributed by atoms with Crippen molar-refractivity contribution in [3.8, 4) is 0 Å². The van der Waals surface area contributed by atoms with Crippen molar-refractivity contribution >= 4 is 11.9 Å². The van der Waals surface area contributed by atoms with Crippen LogP contribution < -0.4 is 0 Å². The SMILES string of the molecule is CCO[C@@H]1[C@@H](O)[C@H]2O[C@H]3[C@H](O)[C@@H](O)[C@@H](O[C@H]4[C@H](O)[C@@H](O)[C@@H](O[C@H]5[C@H](O)[C@@H](O)[C@@H](O[C@H]6[C@H](O)[C@@H](O)[C@@H](O[C@@H]7[C@H](OC(=O)CCC(=O)O[C@@H]8[C@@H](O)[C@H]9O[C@@H]%10[C@H](OCC)[C@@H](O)[C@@H](O[C@H]%11[C@H](O)[C@@H](O)[C@@H](O[C@H]%12[C@H](O)[C@@H](O)[C@@H](O[C@H]%13[C@H](O)[C@@H](O)[C@@H](O[C@H]%14[C@H](O)[C@@H](O)[C@@H](O[C@H]8[C@@H](CO)O9)O[C@@H]%14CO)O[C@@H]%13CO)O[C@@H]%12CO)O[C@@H]%11CO)O[C@@H]%10CO)[C@@H](O)[C@@H](O[C@H]1[C@@H](CO)O2)O[C@@H]7CO)O[C@@H]6CO)O[C@@H]5CO)O[C@@H]4CO)O[C@@H]3CO. The van der Waals surface area contributed by atoms with E-state index in [1.807, 2.05) is 0 Å². The first-order valence-electron chi connectivity index (χ1n) is 46.1. The minimum absolute atomic E-state index is 0.363. The van der Waals surface area contributed by atoms with E-state index < -0.39 is 473 Å². The van der Waals surface area contributed by atoms with Crippen molar-refractivity contribution in [2.75, 3.05) is 92.5 Å². The van der Waals surface area contributed by atoms with Crippen molar-refractivity contribution in [2.45, 2.75) is 395 Å². The number of carbonyl (C=O) groups excluding carboxylic acids is 2. The number of carbonyl (C=O) groups is 2. The van der Waals surface area contributed by atoms with Crippen molar-refractivity contribution in [2.24, 2.45) is 0 Å². The average molecular weight is 2080 g/mol. The lowest BCUT2D eigenvalue weighted by Crippen LogP contribution is -2.69. The van der Waals surface area contributed by atoms with Crippen molar-refractivity contribution < 1.29 is 306 Å². The number of ether oxygens (including phenoxy) is 28. The molecule has 0 unspecified atom stereocenters. The van der Waals surface area contributed by atoms with Gasteiger partial charge >= 0.3 is 11.9 Å². The minimum Gasteiger partial charge on any atom is -0.456 e. The van der Waals surface area contributed by atoms with Gasteiger partial charge in [0.05, 0.1) is 92.1 Å². The summed E-state index contributed by atoms with van der Waals surface area (Å²) in [5.41, 5.74) is 0. The zero-order chi connectivity index (χ0) is 103. The van der Waals surface area contributed by atoms with Crippen molar-refractivity contribution in [3.63, 3.8) is 0 Å². The molecule has 0 aromatic carbocycles. The maximum atomic E-state index is 14.9. The van der Waals surface area contributed by atoms with E-state index in [1.165, 1.54) is 13.8 Å². The first-order chi connectivity index (χ1) is 67.9. The fraction of sp³-hybridized carbons (Fsp3) is 0.975. The molecule has 0 amide bonds. The van der Waals surface area contributed by atoms with E-state index in [9.17, 15) is 173 Å². The summed E-state index contributed by atoms with van der Waals surface area (Å²) in [5.74, 6) is -3.24. The van der Waals surface area contributed by atoms with Crippen LogP contribution in [0.2, 0.25) is 0 Å². The highest BCUT2D eigenvalue weighted by Gasteiger charge is 2.65. The third-order valence-corrected chi connectivity index (χ3v) is 27.0. The zero-order valence-corrected chi connectivity index (χ0v) is 75.5. The highest BCUT2D eigenvalue weighted by atomic mass is 16.8. The second-order valence-corrected chi connectivity index (χ2v) is 36.0. The molecule has 0 aromatic rings. The largest absolute Gasteiger partial charge is 0.456 e. The molecule has 62 heteroatoms. The second kappa shape index (κ2) is 50.0. The number of aliphatic hydroxyl groups excluding tert-OH is 32. The van der Waals surface area contributed by atoms with E-state index in [0.717, 1.165) is 0 Å². The van der Waals surface area contributed by atoms with Crippen LogP contribution in [0.1, 0.15) is 26.7 Å². The zero-order valence-electron chi connectivity index (χ0n) is 75.5. The Balaban J connectivity index is 0.759. The summed E-state index contributed by atoms with van der Waals surface area (Å²) in [4.78, 5) is 29.7. The van der Waals surface area contributed by atoms with Gasteiger partial charge in [0.2, 0.25) is 0 Å². The maximum Gasteiger partial charge on any atom is 0.306 e. The molecule has 0 radical (unpaired) electrons. The smallest absolute Gasteiger partial charge is 0.306 e. The Morgan fingerprint density at radius 3 is 0.430 bits per heavy atom. The van der Waals surface area contributed by atoms with E-state index >= 15 is 0 Å². The van der Waals surface area contributed by atoms with Gasteiger partial charge in [-0.1, -0.05) is 0 Å². The highest BCUT2D eigenvalue weighted by Crippen LogP contribution is 2.45. The second-order valence-electron chi connectivity index (χ2n) is 36.0. The van der Waals surface area contributed by atoms with Crippen LogP contribution in [0.4, 0.5) is 0 Å². The fourth-order valence-corrected chi connectivity index (χ4v) is 19.5. The lowest BCUT2D eigenvalue weighted by Gasteiger charge is -2.51. The summed E-state index contributed by atoms with van der Waals surface area (Å²) < 4.78 is 166. The van der Waals surface area contributed by atoms with Gasteiger partial charge in [0.25, 0.3) is 0 Å². The Morgan fingerprint density at radius 1 is 0.169 bits per heavy atom. The first-order valence-corrected chi connectivity index (χ1v) is 46.1. The molecule has 44 heterocycles. The van der Waals surface area contributed by atoms with Gasteiger partial charge in [-0.05, 0) is 13.8 Å². The summed E-state index contributed by atoms with van der Waals surface area (Å²) in [6, 6.07) is 0. The topological polar surface area (TPSA) is 940 Å². The Hall–Kier alpha value is -3.38. The van der Waals surface area contributed by atoms with Gasteiger partial charge < -0.3 is 296 Å². The van der Waals surface area contributed by atoms with Gasteiger partial charge in [-0.3, -0.25) is 9.59 Å². The van der Waals surface area contributed by atoms with Crippen LogP contribution in [0, 0.1) is 0 Å². The minimum atomic E-state index is -2.59. The molecule has 32 N–H and O–H groups in total. The van der Waals surface area contributed by atoms with Crippen molar-refractivity contribution in [1.29, 1.82) is 0 Å². The third kappa shape index (κ3) is 23.4.